The topological polar surface area (TPSA) is 120 Å². The minimum atomic E-state index is -5.05. The van der Waals surface area contributed by atoms with Gasteiger partial charge in [-0.15, -0.1) is 11.8 Å². The highest BCUT2D eigenvalue weighted by Gasteiger charge is 2.39. The molecule has 17 heteroatoms. The normalized spacial score (nSPS) is 14.2. The second-order valence-corrected chi connectivity index (χ2v) is 18.6. The highest BCUT2D eigenvalue weighted by molar-refractivity contribution is 7.99. The van der Waals surface area contributed by atoms with E-state index in [0.29, 0.717) is 40.7 Å². The number of ether oxygens (including phenoxy) is 1. The number of carbonyl (C=O) groups excluding carboxylic acids is 1. The number of halogens is 4. The van der Waals surface area contributed by atoms with Crippen molar-refractivity contribution in [3.8, 4) is 11.1 Å². The van der Waals surface area contributed by atoms with Crippen molar-refractivity contribution in [2.24, 2.45) is 0 Å². The Balaban J connectivity index is 1.10. The first-order valence-corrected chi connectivity index (χ1v) is 23.0. The molecule has 0 bridgehead atoms. The van der Waals surface area contributed by atoms with Crippen LogP contribution in [-0.4, -0.2) is 99.9 Å². The van der Waals surface area contributed by atoms with Crippen molar-refractivity contribution in [2.45, 2.75) is 35.0 Å². The highest BCUT2D eigenvalue weighted by Crippen LogP contribution is 2.40. The Morgan fingerprint density at radius 1 is 0.921 bits per heavy atom. The van der Waals surface area contributed by atoms with Crippen LogP contribution in [0.3, 0.4) is 0 Å². The summed E-state index contributed by atoms with van der Waals surface area (Å²) < 4.78 is 80.2. The van der Waals surface area contributed by atoms with E-state index in [1.807, 2.05) is 97.9 Å². The maximum atomic E-state index is 15.0. The fourth-order valence-electron chi connectivity index (χ4n) is 7.43. The molecule has 7 rings (SSSR count). The Morgan fingerprint density at radius 2 is 1.63 bits per heavy atom. The predicted octanol–water partition coefficient (Wildman–Crippen LogP) is 9.40. The third kappa shape index (κ3) is 11.4. The molecule has 0 aliphatic carbocycles. The van der Waals surface area contributed by atoms with Crippen molar-refractivity contribution >= 4 is 67.5 Å². The van der Waals surface area contributed by atoms with Crippen molar-refractivity contribution in [3.63, 3.8) is 0 Å². The van der Waals surface area contributed by atoms with Crippen LogP contribution >= 0.6 is 23.4 Å². The minimum absolute atomic E-state index is 0.132. The Morgan fingerprint density at radius 3 is 2.33 bits per heavy atom. The molecule has 5 aromatic carbocycles. The summed E-state index contributed by atoms with van der Waals surface area (Å²) in [5.41, 5.74) is 2.32. The molecule has 2 heterocycles. The molecule has 0 radical (unpaired) electrons. The molecule has 0 amide bonds. The number of piperazine rings is 1. The first-order chi connectivity index (χ1) is 30.2. The van der Waals surface area contributed by atoms with Gasteiger partial charge in [-0.05, 0) is 98.3 Å². The molecule has 1 saturated heterocycles. The zero-order valence-electron chi connectivity index (χ0n) is 34.9. The largest absolute Gasteiger partial charge is 0.465 e. The van der Waals surface area contributed by atoms with Crippen LogP contribution in [-0.2, 0) is 27.5 Å². The number of carbonyl (C=O) groups is 1. The molecule has 1 atom stereocenters. The lowest BCUT2D eigenvalue weighted by atomic mass is 9.99. The highest BCUT2D eigenvalue weighted by atomic mass is 35.5. The van der Waals surface area contributed by atoms with Crippen molar-refractivity contribution in [1.29, 1.82) is 0 Å². The van der Waals surface area contributed by atoms with Crippen molar-refractivity contribution < 1.29 is 31.1 Å². The molecule has 0 spiro atoms. The van der Waals surface area contributed by atoms with E-state index in [-0.39, 0.29) is 5.82 Å². The number of rotatable bonds is 16. The summed E-state index contributed by atoms with van der Waals surface area (Å²) in [7, 11) is -0.0320. The summed E-state index contributed by atoms with van der Waals surface area (Å²) in [6.45, 7) is 4.37. The number of thioether (sulfide) groups is 1. The van der Waals surface area contributed by atoms with Gasteiger partial charge in [0.2, 0.25) is 0 Å². The van der Waals surface area contributed by atoms with Gasteiger partial charge in [0.1, 0.15) is 6.33 Å². The second kappa shape index (κ2) is 20.0. The number of methoxy groups -OCH3 is 1. The van der Waals surface area contributed by atoms with Crippen LogP contribution in [0.25, 0.3) is 22.0 Å². The smallest absolute Gasteiger partial charge is 0.418 e. The number of alkyl halides is 3. The molecule has 1 aromatic heterocycles. The van der Waals surface area contributed by atoms with E-state index in [2.05, 4.69) is 41.9 Å². The van der Waals surface area contributed by atoms with Gasteiger partial charge in [0.05, 0.1) is 34.3 Å². The molecule has 6 aromatic rings. The predicted molar refractivity (Wildman–Crippen MR) is 245 cm³/mol. The summed E-state index contributed by atoms with van der Waals surface area (Å²) in [4.78, 5) is 28.4. The van der Waals surface area contributed by atoms with Crippen molar-refractivity contribution in [3.05, 3.63) is 137 Å². The zero-order chi connectivity index (χ0) is 44.7. The molecule has 330 valence electrons. The third-order valence-corrected chi connectivity index (χ3v) is 13.5. The van der Waals surface area contributed by atoms with E-state index in [1.54, 1.807) is 6.07 Å². The molecule has 0 saturated carbocycles. The Bertz CT molecular complexity index is 2650. The Kier molecular flexibility index (Phi) is 14.5. The maximum Gasteiger partial charge on any atom is 0.418 e. The van der Waals surface area contributed by atoms with Gasteiger partial charge in [0, 0.05) is 65.5 Å². The Labute approximate surface area is 374 Å². The van der Waals surface area contributed by atoms with Gasteiger partial charge < -0.3 is 19.9 Å². The number of esters is 1. The summed E-state index contributed by atoms with van der Waals surface area (Å²) in [6.07, 6.45) is -3.44. The first kappa shape index (κ1) is 45.6. The first-order valence-electron chi connectivity index (χ1n) is 20.2. The molecular formula is C46H47ClF3N7O4S2. The molecule has 2 N–H and O–H groups in total. The average molecular weight is 919 g/mol. The summed E-state index contributed by atoms with van der Waals surface area (Å²) in [6, 6.07) is 31.8. The number of hydrogen-bond donors (Lipinski definition) is 2. The van der Waals surface area contributed by atoms with Gasteiger partial charge in [-0.25, -0.2) is 23.2 Å². The summed E-state index contributed by atoms with van der Waals surface area (Å²) in [5, 5.41) is 3.98. The van der Waals surface area contributed by atoms with Crippen molar-refractivity contribution in [2.75, 3.05) is 74.6 Å². The molecular weight excluding hydrogens is 871 g/mol. The van der Waals surface area contributed by atoms with E-state index in [0.717, 1.165) is 67.6 Å². The lowest BCUT2D eigenvalue weighted by molar-refractivity contribution is -0.137. The average Bonchev–Trinajstić information content (AvgIpc) is 3.27. The van der Waals surface area contributed by atoms with E-state index >= 15 is 0 Å². The van der Waals surface area contributed by atoms with Crippen LogP contribution in [0.15, 0.2) is 125 Å². The van der Waals surface area contributed by atoms with Crippen LogP contribution < -0.4 is 14.9 Å². The van der Waals surface area contributed by atoms with E-state index in [9.17, 15) is 26.4 Å². The lowest BCUT2D eigenvalue weighted by Gasteiger charge is -2.36. The lowest BCUT2D eigenvalue weighted by Crippen LogP contribution is -2.46. The fraction of sp³-hybridized carbons (Fsp3) is 0.283. The summed E-state index contributed by atoms with van der Waals surface area (Å²) in [5.74, 6) is -0.907. The van der Waals surface area contributed by atoms with Crippen LogP contribution in [0.5, 0.6) is 0 Å². The van der Waals surface area contributed by atoms with E-state index in [4.69, 9.17) is 16.3 Å². The van der Waals surface area contributed by atoms with Gasteiger partial charge in [-0.2, -0.15) is 13.2 Å². The zero-order valence-corrected chi connectivity index (χ0v) is 37.3. The van der Waals surface area contributed by atoms with Gasteiger partial charge in [-0.1, -0.05) is 66.2 Å². The number of nitrogens with one attached hydrogen (secondary N) is 2. The van der Waals surface area contributed by atoms with Gasteiger partial charge >= 0.3 is 12.1 Å². The number of aromatic nitrogens is 2. The third-order valence-electron chi connectivity index (χ3n) is 10.8. The van der Waals surface area contributed by atoms with Crippen LogP contribution in [0.1, 0.15) is 27.9 Å². The number of nitrogens with zero attached hydrogens (tertiary/aromatic N) is 5. The molecule has 1 aliphatic heterocycles. The molecule has 1 fully saturated rings. The van der Waals surface area contributed by atoms with Gasteiger partial charge in [-0.3, -0.25) is 9.62 Å². The number of fused-ring (bicyclic) bond motifs is 1. The van der Waals surface area contributed by atoms with Gasteiger partial charge in [0.15, 0.2) is 5.82 Å². The molecule has 0 unspecified atom stereocenters. The number of anilines is 3. The van der Waals surface area contributed by atoms with Crippen LogP contribution in [0.4, 0.5) is 30.4 Å². The quantitative estimate of drug-likeness (QED) is 0.0714. The van der Waals surface area contributed by atoms with Crippen molar-refractivity contribution in [1.82, 2.24) is 19.8 Å². The molecule has 1 aliphatic rings. The Hall–Kier alpha value is -5.39. The van der Waals surface area contributed by atoms with Crippen LogP contribution in [0, 0.1) is 0 Å². The SMILES string of the molecule is COC(=O)c1cc(S(=O)(=O)Nc2ncnc3cc(N4CCN(Cc5ccccc5-c5ccc(Cl)cc5)CC4)ccc23)cc(C(F)(F)F)c1N[C@H](CCN(C)C)CSc1ccccc1. The summed E-state index contributed by atoms with van der Waals surface area (Å²) >= 11 is 7.58. The maximum absolute atomic E-state index is 15.0. The molecule has 11 nitrogen and oxygen atoms in total. The monoisotopic (exact) mass is 917 g/mol. The second-order valence-electron chi connectivity index (χ2n) is 15.4. The minimum Gasteiger partial charge on any atom is -0.465 e. The van der Waals surface area contributed by atoms with Crippen LogP contribution in [0.2, 0.25) is 5.02 Å². The van der Waals surface area contributed by atoms with E-state index in [1.165, 1.54) is 23.7 Å². The van der Waals surface area contributed by atoms with Gasteiger partial charge in [0.25, 0.3) is 10.0 Å². The standard InChI is InChI=1S/C46H47ClF3N7O4S2/c1-55(2)20-19-34(29-62-36-10-5-4-6-11-36)53-43-40(45(58)61-3)26-37(27-41(43)46(48,49)50)63(59,60)54-44-39-18-17-35(25-42(39)51-30-52-44)57-23-21-56(22-24-57)28-32-9-7-8-12-38(32)31-13-15-33(47)16-14-31/h4-18,25-27,30,34,53H,19-24,28-29H2,1-3H3,(H,51,52,54)/t34-/m1/s1. The fourth-order valence-corrected chi connectivity index (χ4v) is 9.63. The number of sulfonamides is 1. The number of benzene rings is 5. The number of hydrogen-bond acceptors (Lipinski definition) is 11. The molecule has 63 heavy (non-hydrogen) atoms. The van der Waals surface area contributed by atoms with E-state index < -0.39 is 49.9 Å².